The van der Waals surface area contributed by atoms with Crippen molar-refractivity contribution in [1.82, 2.24) is 0 Å². The van der Waals surface area contributed by atoms with Crippen molar-refractivity contribution < 1.29 is 16.8 Å². The minimum absolute atomic E-state index is 0.297. The average Bonchev–Trinajstić information content (AvgIpc) is 2.58. The molecular weight excluding hydrogens is 396 g/mol. The normalized spacial score (nSPS) is 14.3. The molecule has 2 aromatic carbocycles. The highest BCUT2D eigenvalue weighted by atomic mass is 32.2. The molecule has 0 fully saturated rings. The van der Waals surface area contributed by atoms with Crippen LogP contribution in [-0.4, -0.2) is 29.3 Å². The van der Waals surface area contributed by atoms with Crippen molar-refractivity contribution in [2.45, 2.75) is 38.5 Å². The van der Waals surface area contributed by atoms with E-state index in [9.17, 15) is 16.8 Å². The molecular formula is C20H28N2O4S2. The van der Waals surface area contributed by atoms with Crippen LogP contribution in [0.15, 0.2) is 48.5 Å². The zero-order valence-corrected chi connectivity index (χ0v) is 18.3. The summed E-state index contributed by atoms with van der Waals surface area (Å²) in [7, 11) is -6.56. The zero-order chi connectivity index (χ0) is 20.9. The first-order chi connectivity index (χ1) is 13.0. The lowest BCUT2D eigenvalue weighted by molar-refractivity contribution is 0.544. The fourth-order valence-corrected chi connectivity index (χ4v) is 4.36. The Morgan fingerprint density at radius 3 is 1.50 bits per heavy atom. The molecule has 28 heavy (non-hydrogen) atoms. The second-order valence-electron chi connectivity index (χ2n) is 7.23. The van der Waals surface area contributed by atoms with E-state index in [-0.39, 0.29) is 0 Å². The van der Waals surface area contributed by atoms with Crippen LogP contribution in [0.5, 0.6) is 0 Å². The third kappa shape index (κ3) is 7.16. The molecule has 0 aliphatic carbocycles. The van der Waals surface area contributed by atoms with Crippen LogP contribution in [0, 0.1) is 0 Å². The van der Waals surface area contributed by atoms with Gasteiger partial charge in [0.15, 0.2) is 0 Å². The fraction of sp³-hybridized carbons (Fsp3) is 0.400. The van der Waals surface area contributed by atoms with Gasteiger partial charge in [-0.25, -0.2) is 16.8 Å². The zero-order valence-electron chi connectivity index (χ0n) is 16.6. The molecule has 0 spiro atoms. The second kappa shape index (κ2) is 8.96. The van der Waals surface area contributed by atoms with Crippen molar-refractivity contribution in [3.63, 3.8) is 0 Å². The number of sulfonamides is 2. The van der Waals surface area contributed by atoms with E-state index in [2.05, 4.69) is 23.3 Å². The van der Waals surface area contributed by atoms with Crippen LogP contribution < -0.4 is 9.44 Å². The molecule has 8 heteroatoms. The maximum Gasteiger partial charge on any atom is 0.229 e. The first-order valence-electron chi connectivity index (χ1n) is 9.12. The number of rotatable bonds is 9. The van der Waals surface area contributed by atoms with Crippen LogP contribution in [0.1, 0.15) is 49.7 Å². The highest BCUT2D eigenvalue weighted by molar-refractivity contribution is 7.92. The van der Waals surface area contributed by atoms with Gasteiger partial charge in [0.25, 0.3) is 0 Å². The Bertz CT molecular complexity index is 984. The van der Waals surface area contributed by atoms with Gasteiger partial charge >= 0.3 is 0 Å². The van der Waals surface area contributed by atoms with E-state index in [4.69, 9.17) is 0 Å². The van der Waals surface area contributed by atoms with Gasteiger partial charge in [0.1, 0.15) is 0 Å². The smallest absolute Gasteiger partial charge is 0.229 e. The van der Waals surface area contributed by atoms with Crippen LogP contribution in [0.4, 0.5) is 11.4 Å². The highest BCUT2D eigenvalue weighted by Gasteiger charge is 2.16. The molecule has 0 saturated heterocycles. The van der Waals surface area contributed by atoms with E-state index in [0.717, 1.165) is 30.9 Å². The van der Waals surface area contributed by atoms with E-state index in [1.54, 1.807) is 24.3 Å². The molecule has 0 heterocycles. The number of nitrogens with one attached hydrogen (secondary N) is 2. The predicted molar refractivity (Wildman–Crippen MR) is 116 cm³/mol. The van der Waals surface area contributed by atoms with Gasteiger partial charge in [-0.05, 0) is 60.1 Å². The first-order valence-corrected chi connectivity index (χ1v) is 12.9. The lowest BCUT2D eigenvalue weighted by atomic mass is 9.84. The maximum atomic E-state index is 11.3. The molecule has 0 aromatic heterocycles. The second-order valence-corrected chi connectivity index (χ2v) is 10.7. The van der Waals surface area contributed by atoms with Crippen molar-refractivity contribution >= 4 is 31.4 Å². The Kier molecular flexibility index (Phi) is 7.11. The van der Waals surface area contributed by atoms with Crippen molar-refractivity contribution in [1.29, 1.82) is 0 Å². The topological polar surface area (TPSA) is 92.3 Å². The molecule has 0 saturated carbocycles. The molecule has 2 rings (SSSR count). The Hall–Kier alpha value is -2.06. The standard InChI is InChI=1S/C20H28N2O4S2/c1-5-16(18-8-12-20(13-9-18)22-28(4,25)26)14-15(2)17-6-10-19(11-7-17)21-27(3,23)24/h6-13,15-16,21-22H,5,14H2,1-4H3. The van der Waals surface area contributed by atoms with Gasteiger partial charge in [0.05, 0.1) is 12.5 Å². The van der Waals surface area contributed by atoms with Crippen LogP contribution in [0.2, 0.25) is 0 Å². The van der Waals surface area contributed by atoms with Crippen LogP contribution >= 0.6 is 0 Å². The van der Waals surface area contributed by atoms with Crippen molar-refractivity contribution in [2.75, 3.05) is 22.0 Å². The van der Waals surface area contributed by atoms with Crippen molar-refractivity contribution in [3.05, 3.63) is 59.7 Å². The molecule has 2 atom stereocenters. The molecule has 0 radical (unpaired) electrons. The molecule has 2 unspecified atom stereocenters. The molecule has 0 aliphatic heterocycles. The summed E-state index contributed by atoms with van der Waals surface area (Å²) in [5.74, 6) is 0.641. The summed E-state index contributed by atoms with van der Waals surface area (Å²) in [4.78, 5) is 0. The van der Waals surface area contributed by atoms with Gasteiger partial charge < -0.3 is 0 Å². The van der Waals surface area contributed by atoms with Crippen LogP contribution in [0.25, 0.3) is 0 Å². The SMILES string of the molecule is CCC(CC(C)c1ccc(NS(C)(=O)=O)cc1)c1ccc(NS(C)(=O)=O)cc1. The minimum atomic E-state index is -3.28. The summed E-state index contributed by atoms with van der Waals surface area (Å²) < 4.78 is 50.2. The van der Waals surface area contributed by atoms with E-state index < -0.39 is 20.0 Å². The lowest BCUT2D eigenvalue weighted by Gasteiger charge is -2.21. The maximum absolute atomic E-state index is 11.3. The van der Waals surface area contributed by atoms with E-state index in [1.807, 2.05) is 24.3 Å². The third-order valence-corrected chi connectivity index (χ3v) is 5.81. The van der Waals surface area contributed by atoms with E-state index in [1.165, 1.54) is 5.56 Å². The van der Waals surface area contributed by atoms with Gasteiger partial charge in [-0.15, -0.1) is 0 Å². The summed E-state index contributed by atoms with van der Waals surface area (Å²) in [6.45, 7) is 4.29. The van der Waals surface area contributed by atoms with Gasteiger partial charge in [0, 0.05) is 11.4 Å². The molecule has 2 aromatic rings. The first kappa shape index (κ1) is 22.2. The summed E-state index contributed by atoms with van der Waals surface area (Å²) in [5.41, 5.74) is 3.43. The lowest BCUT2D eigenvalue weighted by Crippen LogP contribution is -2.10. The highest BCUT2D eigenvalue weighted by Crippen LogP contribution is 2.33. The van der Waals surface area contributed by atoms with Gasteiger partial charge in [0.2, 0.25) is 20.0 Å². The molecule has 0 amide bonds. The summed E-state index contributed by atoms with van der Waals surface area (Å²) in [5, 5.41) is 0. The van der Waals surface area contributed by atoms with Gasteiger partial charge in [-0.2, -0.15) is 0 Å². The van der Waals surface area contributed by atoms with E-state index in [0.29, 0.717) is 23.2 Å². The van der Waals surface area contributed by atoms with E-state index >= 15 is 0 Å². The Balaban J connectivity index is 2.07. The average molecular weight is 425 g/mol. The quantitative estimate of drug-likeness (QED) is 0.633. The summed E-state index contributed by atoms with van der Waals surface area (Å²) >= 11 is 0. The van der Waals surface area contributed by atoms with Crippen molar-refractivity contribution in [2.24, 2.45) is 0 Å². The minimum Gasteiger partial charge on any atom is -0.284 e. The molecule has 0 aliphatic rings. The van der Waals surface area contributed by atoms with Crippen LogP contribution in [0.3, 0.4) is 0 Å². The van der Waals surface area contributed by atoms with Crippen LogP contribution in [-0.2, 0) is 20.0 Å². The van der Waals surface area contributed by atoms with Gasteiger partial charge in [-0.3, -0.25) is 9.44 Å². The predicted octanol–water partition coefficient (Wildman–Crippen LogP) is 4.12. The third-order valence-electron chi connectivity index (χ3n) is 4.60. The number of hydrogen-bond acceptors (Lipinski definition) is 4. The number of hydrogen-bond donors (Lipinski definition) is 2. The van der Waals surface area contributed by atoms with Crippen molar-refractivity contribution in [3.8, 4) is 0 Å². The monoisotopic (exact) mass is 424 g/mol. The Morgan fingerprint density at radius 1 is 0.750 bits per heavy atom. The largest absolute Gasteiger partial charge is 0.284 e. The molecule has 6 nitrogen and oxygen atoms in total. The number of anilines is 2. The summed E-state index contributed by atoms with van der Waals surface area (Å²) in [6, 6.07) is 15.0. The Labute approximate surface area is 168 Å². The molecule has 2 N–H and O–H groups in total. The number of benzene rings is 2. The fourth-order valence-electron chi connectivity index (χ4n) is 3.23. The summed E-state index contributed by atoms with van der Waals surface area (Å²) in [6.07, 6.45) is 4.17. The van der Waals surface area contributed by atoms with Gasteiger partial charge in [-0.1, -0.05) is 38.1 Å². The molecule has 0 bridgehead atoms. The molecule has 154 valence electrons. The Morgan fingerprint density at radius 2 is 1.14 bits per heavy atom.